The summed E-state index contributed by atoms with van der Waals surface area (Å²) in [6.45, 7) is 10.6. The van der Waals surface area contributed by atoms with E-state index in [1.807, 2.05) is 39.3 Å². The van der Waals surface area contributed by atoms with Crippen LogP contribution in [0.5, 0.6) is 0 Å². The number of aryl methyl sites for hydroxylation is 2. The van der Waals surface area contributed by atoms with E-state index in [2.05, 4.69) is 15.5 Å². The van der Waals surface area contributed by atoms with E-state index in [0.29, 0.717) is 29.6 Å². The van der Waals surface area contributed by atoms with Gasteiger partial charge < -0.3 is 5.32 Å². The molecule has 2 aromatic heterocycles. The average molecular weight is 372 g/mol. The molecule has 1 atom stereocenters. The molecule has 6 nitrogen and oxygen atoms in total. The van der Waals surface area contributed by atoms with Crippen LogP contribution in [0, 0.1) is 27.7 Å². The van der Waals surface area contributed by atoms with Crippen LogP contribution in [0.4, 0.5) is 0 Å². The number of hydrogen-bond donors (Lipinski definition) is 1. The lowest BCUT2D eigenvalue weighted by molar-refractivity contribution is -0.121. The molecule has 0 bridgehead atoms. The highest BCUT2D eigenvalue weighted by molar-refractivity contribution is 6.32. The fourth-order valence-electron chi connectivity index (χ4n) is 2.69. The molecule has 0 saturated heterocycles. The van der Waals surface area contributed by atoms with Crippen molar-refractivity contribution in [2.45, 2.75) is 53.6 Å². The monoisotopic (exact) mass is 371 g/mol. The van der Waals surface area contributed by atoms with Crippen LogP contribution in [0.25, 0.3) is 0 Å². The second-order valence-electron chi connectivity index (χ2n) is 6.04. The fraction of sp³-hybridized carbons (Fsp3) is 0.562. The molecular weight excluding hydrogens is 349 g/mol. The van der Waals surface area contributed by atoms with Crippen LogP contribution in [-0.2, 0) is 11.3 Å². The molecule has 0 aromatic carbocycles. The van der Waals surface area contributed by atoms with E-state index < -0.39 is 0 Å². The highest BCUT2D eigenvalue weighted by atomic mass is 35.5. The molecule has 1 amide bonds. The highest BCUT2D eigenvalue weighted by Crippen LogP contribution is 2.23. The number of carbonyl (C=O) groups is 1. The predicted octanol–water partition coefficient (Wildman–Crippen LogP) is 3.39. The van der Waals surface area contributed by atoms with Crippen molar-refractivity contribution < 1.29 is 4.79 Å². The molecule has 8 heteroatoms. The van der Waals surface area contributed by atoms with E-state index in [-0.39, 0.29) is 11.9 Å². The molecule has 2 aromatic rings. The van der Waals surface area contributed by atoms with Gasteiger partial charge in [0.2, 0.25) is 5.91 Å². The maximum atomic E-state index is 12.1. The van der Waals surface area contributed by atoms with E-state index in [4.69, 9.17) is 23.2 Å². The van der Waals surface area contributed by atoms with Crippen molar-refractivity contribution in [1.29, 1.82) is 0 Å². The van der Waals surface area contributed by atoms with Crippen LogP contribution >= 0.6 is 23.2 Å². The van der Waals surface area contributed by atoms with Crippen molar-refractivity contribution in [3.05, 3.63) is 32.8 Å². The molecule has 2 heterocycles. The minimum atomic E-state index is -0.0562. The van der Waals surface area contributed by atoms with Gasteiger partial charge in [0, 0.05) is 13.0 Å². The molecule has 0 aliphatic heterocycles. The summed E-state index contributed by atoms with van der Waals surface area (Å²) in [4.78, 5) is 12.1. The molecule has 1 N–H and O–H groups in total. The smallest absolute Gasteiger partial charge is 0.222 e. The maximum absolute atomic E-state index is 12.1. The molecular formula is C16H23Cl2N5O. The number of nitrogens with one attached hydrogen (secondary N) is 1. The first kappa shape index (κ1) is 18.8. The van der Waals surface area contributed by atoms with Crippen molar-refractivity contribution in [3.8, 4) is 0 Å². The van der Waals surface area contributed by atoms with Gasteiger partial charge in [-0.2, -0.15) is 10.2 Å². The van der Waals surface area contributed by atoms with Gasteiger partial charge in [0.1, 0.15) is 0 Å². The van der Waals surface area contributed by atoms with Crippen molar-refractivity contribution in [3.63, 3.8) is 0 Å². The number of halogens is 2. The molecule has 24 heavy (non-hydrogen) atoms. The van der Waals surface area contributed by atoms with Gasteiger partial charge in [-0.1, -0.05) is 23.2 Å². The molecule has 2 rings (SSSR count). The quantitative estimate of drug-likeness (QED) is 0.846. The van der Waals surface area contributed by atoms with Crippen LogP contribution in [0.15, 0.2) is 0 Å². The molecule has 0 unspecified atom stereocenters. The molecule has 132 valence electrons. The Morgan fingerprint density at radius 2 is 1.67 bits per heavy atom. The molecule has 0 aliphatic rings. The Kier molecular flexibility index (Phi) is 5.93. The first-order valence-electron chi connectivity index (χ1n) is 7.89. The first-order valence-corrected chi connectivity index (χ1v) is 8.65. The lowest BCUT2D eigenvalue weighted by Crippen LogP contribution is -2.29. The van der Waals surface area contributed by atoms with Gasteiger partial charge in [0.25, 0.3) is 0 Å². The summed E-state index contributed by atoms with van der Waals surface area (Å²) in [5, 5.41) is 13.0. The molecule has 0 spiro atoms. The van der Waals surface area contributed by atoms with Gasteiger partial charge >= 0.3 is 0 Å². The summed E-state index contributed by atoms with van der Waals surface area (Å²) in [7, 11) is 0. The van der Waals surface area contributed by atoms with E-state index in [0.717, 1.165) is 22.8 Å². The van der Waals surface area contributed by atoms with E-state index in [9.17, 15) is 4.79 Å². The molecule has 0 saturated carbocycles. The predicted molar refractivity (Wildman–Crippen MR) is 95.8 cm³/mol. The third-order valence-electron chi connectivity index (χ3n) is 4.07. The average Bonchev–Trinajstić information content (AvgIpc) is 2.92. The van der Waals surface area contributed by atoms with Crippen LogP contribution in [0.2, 0.25) is 10.0 Å². The normalized spacial score (nSPS) is 12.5. The van der Waals surface area contributed by atoms with Crippen molar-refractivity contribution in [2.24, 2.45) is 0 Å². The van der Waals surface area contributed by atoms with Crippen molar-refractivity contribution in [1.82, 2.24) is 24.9 Å². The van der Waals surface area contributed by atoms with Gasteiger partial charge in [-0.25, -0.2) is 0 Å². The summed E-state index contributed by atoms with van der Waals surface area (Å²) < 4.78 is 3.61. The Morgan fingerprint density at radius 1 is 1.08 bits per heavy atom. The number of amides is 1. The summed E-state index contributed by atoms with van der Waals surface area (Å²) in [6.07, 6.45) is 0.343. The lowest BCUT2D eigenvalue weighted by atomic mass is 10.2. The zero-order valence-corrected chi connectivity index (χ0v) is 16.2. The second-order valence-corrected chi connectivity index (χ2v) is 6.80. The summed E-state index contributed by atoms with van der Waals surface area (Å²) >= 11 is 12.3. The van der Waals surface area contributed by atoms with Crippen molar-refractivity contribution >= 4 is 29.1 Å². The minimum absolute atomic E-state index is 0.0289. The summed E-state index contributed by atoms with van der Waals surface area (Å²) in [6, 6.07) is -0.0562. The topological polar surface area (TPSA) is 64.7 Å². The number of hydrogen-bond acceptors (Lipinski definition) is 3. The van der Waals surface area contributed by atoms with Crippen LogP contribution < -0.4 is 5.32 Å². The van der Waals surface area contributed by atoms with Gasteiger partial charge in [-0.15, -0.1) is 0 Å². The number of carbonyl (C=O) groups excluding carboxylic acids is 1. The zero-order chi connectivity index (χ0) is 18.0. The van der Waals surface area contributed by atoms with Gasteiger partial charge in [0.05, 0.1) is 45.4 Å². The third-order valence-corrected chi connectivity index (χ3v) is 5.17. The SMILES string of the molecule is Cc1nn(CCNC(=O)C[C@@H](C)n2nc(C)c(Cl)c2C)c(C)c1Cl. The van der Waals surface area contributed by atoms with Crippen LogP contribution in [0.3, 0.4) is 0 Å². The van der Waals surface area contributed by atoms with Crippen LogP contribution in [0.1, 0.15) is 42.2 Å². The molecule has 0 aliphatic carbocycles. The lowest BCUT2D eigenvalue weighted by Gasteiger charge is -2.14. The van der Waals surface area contributed by atoms with E-state index in [1.54, 1.807) is 4.68 Å². The zero-order valence-electron chi connectivity index (χ0n) is 14.7. The fourth-order valence-corrected chi connectivity index (χ4v) is 2.95. The Balaban J connectivity index is 1.86. The number of nitrogens with zero attached hydrogens (tertiary/aromatic N) is 4. The van der Waals surface area contributed by atoms with E-state index in [1.165, 1.54) is 0 Å². The standard InChI is InChI=1S/C16H23Cl2N5O/c1-9(23-13(5)16(18)11(3)21-23)8-14(24)19-6-7-22-12(4)15(17)10(2)20-22/h9H,6-8H2,1-5H3,(H,19,24)/t9-/m1/s1. The Hall–Kier alpha value is -1.53. The van der Waals surface area contributed by atoms with Gasteiger partial charge in [-0.3, -0.25) is 14.2 Å². The van der Waals surface area contributed by atoms with E-state index >= 15 is 0 Å². The second kappa shape index (κ2) is 7.57. The Labute approximate surface area is 152 Å². The van der Waals surface area contributed by atoms with Gasteiger partial charge in [0.15, 0.2) is 0 Å². The van der Waals surface area contributed by atoms with Gasteiger partial charge in [-0.05, 0) is 34.6 Å². The third kappa shape index (κ3) is 3.92. The van der Waals surface area contributed by atoms with Crippen molar-refractivity contribution in [2.75, 3.05) is 6.54 Å². The summed E-state index contributed by atoms with van der Waals surface area (Å²) in [5.41, 5.74) is 3.37. The summed E-state index contributed by atoms with van der Waals surface area (Å²) in [5.74, 6) is -0.0289. The van der Waals surface area contributed by atoms with Crippen LogP contribution in [-0.4, -0.2) is 32.0 Å². The molecule has 0 radical (unpaired) electrons. The highest BCUT2D eigenvalue weighted by Gasteiger charge is 2.17. The number of aromatic nitrogens is 4. The number of rotatable bonds is 6. The largest absolute Gasteiger partial charge is 0.354 e. The molecule has 0 fully saturated rings. The first-order chi connectivity index (χ1) is 11.2. The maximum Gasteiger partial charge on any atom is 0.222 e. The Morgan fingerprint density at radius 3 is 2.17 bits per heavy atom. The Bertz CT molecular complexity index is 750. The minimum Gasteiger partial charge on any atom is -0.354 e.